The van der Waals surface area contributed by atoms with Crippen molar-refractivity contribution in [3.63, 3.8) is 0 Å². The number of rotatable bonds is 32. The molecule has 0 heterocycles. The Kier molecular flexibility index (Phi) is 32.5. The summed E-state index contributed by atoms with van der Waals surface area (Å²) >= 11 is 0. The number of amides is 5. The fraction of sp³-hybridized carbons (Fsp3) is 0.539. The van der Waals surface area contributed by atoms with Gasteiger partial charge in [-0.15, -0.1) is 0 Å². The molecule has 0 bridgehead atoms. The fourth-order valence-corrected chi connectivity index (χ4v) is 11.7. The van der Waals surface area contributed by atoms with E-state index in [9.17, 15) is 24.0 Å². The van der Waals surface area contributed by atoms with E-state index in [1.165, 1.54) is 78.0 Å². The second kappa shape index (κ2) is 37.9. The molecule has 10 heteroatoms. The maximum absolute atomic E-state index is 14.3. The molecule has 472 valence electrons. The van der Waals surface area contributed by atoms with Crippen molar-refractivity contribution in [2.24, 2.45) is 16.2 Å². The van der Waals surface area contributed by atoms with Gasteiger partial charge in [-0.25, -0.2) is 0 Å². The van der Waals surface area contributed by atoms with E-state index in [2.05, 4.69) is 146 Å². The predicted molar refractivity (Wildman–Crippen MR) is 364 cm³/mol. The summed E-state index contributed by atoms with van der Waals surface area (Å²) in [6, 6.07) is -1.80. The summed E-state index contributed by atoms with van der Waals surface area (Å²) in [5.74, 6) is -1.59. The monoisotopic (exact) mass is 1180 g/mol. The third-order valence-electron chi connectivity index (χ3n) is 16.9. The van der Waals surface area contributed by atoms with Crippen molar-refractivity contribution in [3.8, 4) is 0 Å². The summed E-state index contributed by atoms with van der Waals surface area (Å²) in [6.45, 7) is 35.8. The molecule has 3 aliphatic carbocycles. The van der Waals surface area contributed by atoms with Crippen LogP contribution in [0.2, 0.25) is 0 Å². The Bertz CT molecular complexity index is 2820. The van der Waals surface area contributed by atoms with Crippen LogP contribution in [0, 0.1) is 16.2 Å². The van der Waals surface area contributed by atoms with Crippen LogP contribution >= 0.6 is 0 Å². The average Bonchev–Trinajstić information content (AvgIpc) is 2.52. The number of unbranched alkanes of at least 4 members (excludes halogenated alkanes) is 3. The van der Waals surface area contributed by atoms with E-state index in [1.807, 2.05) is 82.4 Å². The van der Waals surface area contributed by atoms with Gasteiger partial charge in [-0.1, -0.05) is 179 Å². The topological polar surface area (TPSA) is 146 Å². The summed E-state index contributed by atoms with van der Waals surface area (Å²) in [5, 5.41) is 14.8. The van der Waals surface area contributed by atoms with E-state index < -0.39 is 23.9 Å². The Hall–Kier alpha value is -6.55. The van der Waals surface area contributed by atoms with Crippen LogP contribution in [-0.4, -0.2) is 61.3 Å². The van der Waals surface area contributed by atoms with Gasteiger partial charge in [0.1, 0.15) is 12.1 Å². The Morgan fingerprint density at radius 1 is 0.419 bits per heavy atom. The molecule has 3 rings (SSSR count). The minimum atomic E-state index is -0.949. The first kappa shape index (κ1) is 73.7. The molecule has 0 aromatic heterocycles. The van der Waals surface area contributed by atoms with Crippen LogP contribution in [0.1, 0.15) is 220 Å². The van der Waals surface area contributed by atoms with Crippen molar-refractivity contribution in [2.45, 2.75) is 232 Å². The van der Waals surface area contributed by atoms with Gasteiger partial charge in [0, 0.05) is 37.9 Å². The summed E-state index contributed by atoms with van der Waals surface area (Å²) in [6.07, 6.45) is 50.8. The lowest BCUT2D eigenvalue weighted by molar-refractivity contribution is -0.131. The molecule has 0 fully saturated rings. The lowest BCUT2D eigenvalue weighted by Crippen LogP contribution is -2.53. The standard InChI is InChI=1S/C76H113N5O5/c1-17-18-49-79-72(85)67(38-19-21-50-77-69(82)52-58(5)32-23-29-55(2)40-43-64-61(8)35-26-46-74(64,11)12)81-73(86)68(80-71(84)54-60(7)34-25-31-57(4)42-45-66-63(10)37-28-48-76(66,15)16)39-20-22-51-78-70(83)53-59(6)33-24-30-56(3)41-44-65-62(9)36-27-47-75(65,13)14/h23-25,29-34,40-45,52-54,67-68H,17-22,26-28,35-39,46-51H2,1-16H3,(H,77,82)(H,78,83)(H,79,85)(H,80,84)(H,81,86)/b32-23+,33-24+,34-25+,43-40+,44-41+,45-42+,55-29+,56-30+,57-31+,58-52+,59-53+,60-54+. The van der Waals surface area contributed by atoms with Gasteiger partial charge >= 0.3 is 0 Å². The summed E-state index contributed by atoms with van der Waals surface area (Å²) in [7, 11) is 0. The van der Waals surface area contributed by atoms with Gasteiger partial charge in [0.2, 0.25) is 29.5 Å². The van der Waals surface area contributed by atoms with E-state index >= 15 is 0 Å². The molecular weight excluding hydrogens is 1060 g/mol. The smallest absolute Gasteiger partial charge is 0.244 e. The highest BCUT2D eigenvalue weighted by Gasteiger charge is 2.30. The molecule has 0 saturated heterocycles. The van der Waals surface area contributed by atoms with E-state index in [0.29, 0.717) is 57.3 Å². The van der Waals surface area contributed by atoms with Crippen LogP contribution in [0.25, 0.3) is 0 Å². The summed E-state index contributed by atoms with van der Waals surface area (Å²) in [4.78, 5) is 67.5. The molecule has 0 saturated carbocycles. The number of carbonyl (C=O) groups excluding carboxylic acids is 5. The van der Waals surface area contributed by atoms with Gasteiger partial charge in [-0.05, 0) is 215 Å². The molecule has 86 heavy (non-hydrogen) atoms. The number of allylic oxidation sites excluding steroid dienone is 27. The zero-order valence-electron chi connectivity index (χ0n) is 56.2. The van der Waals surface area contributed by atoms with Gasteiger partial charge in [-0.2, -0.15) is 0 Å². The predicted octanol–water partition coefficient (Wildman–Crippen LogP) is 17.0. The maximum Gasteiger partial charge on any atom is 0.244 e. The van der Waals surface area contributed by atoms with E-state index in [1.54, 1.807) is 12.2 Å². The Balaban J connectivity index is 1.68. The van der Waals surface area contributed by atoms with Crippen molar-refractivity contribution in [1.29, 1.82) is 0 Å². The molecule has 0 spiro atoms. The molecule has 10 nitrogen and oxygen atoms in total. The SMILES string of the molecule is CCCCNC(=O)C(CCCCNC(=O)/C=C(C)/C=C/C=C(C)/C=C/C1=C(C)CCCC1(C)C)NC(=O)C(CCCCNC(=O)/C=C(C)/C=C/C=C(C)/C=C/C1=C(C)CCCC1(C)C)NC(=O)/C=C(C)/C=C/C=C(C)/C=C/C1=C(C)CCCC1(C)C. The number of hydrogen-bond acceptors (Lipinski definition) is 5. The lowest BCUT2D eigenvalue weighted by atomic mass is 9.72. The largest absolute Gasteiger partial charge is 0.354 e. The van der Waals surface area contributed by atoms with Gasteiger partial charge in [0.25, 0.3) is 0 Å². The molecule has 3 aliphatic rings. The van der Waals surface area contributed by atoms with Gasteiger partial charge < -0.3 is 26.6 Å². The van der Waals surface area contributed by atoms with Crippen molar-refractivity contribution in [3.05, 3.63) is 176 Å². The molecule has 0 aromatic carbocycles. The second-order valence-corrected chi connectivity index (χ2v) is 26.6. The maximum atomic E-state index is 14.3. The van der Waals surface area contributed by atoms with Gasteiger partial charge in [0.15, 0.2) is 0 Å². The highest BCUT2D eigenvalue weighted by Crippen LogP contribution is 2.43. The van der Waals surface area contributed by atoms with Crippen LogP contribution in [0.15, 0.2) is 176 Å². The highest BCUT2D eigenvalue weighted by molar-refractivity contribution is 5.95. The number of hydrogen-bond donors (Lipinski definition) is 5. The molecule has 2 atom stereocenters. The van der Waals surface area contributed by atoms with E-state index in [4.69, 9.17) is 0 Å². The van der Waals surface area contributed by atoms with Gasteiger partial charge in [0.05, 0.1) is 0 Å². The van der Waals surface area contributed by atoms with Crippen molar-refractivity contribution in [1.82, 2.24) is 26.6 Å². The zero-order chi connectivity index (χ0) is 63.9. The first-order chi connectivity index (χ1) is 40.6. The normalized spacial score (nSPS) is 19.2. The lowest BCUT2D eigenvalue weighted by Gasteiger charge is -2.33. The number of nitrogens with one attached hydrogen (secondary N) is 5. The van der Waals surface area contributed by atoms with Crippen LogP contribution in [0.3, 0.4) is 0 Å². The molecule has 0 radical (unpaired) electrons. The minimum Gasteiger partial charge on any atom is -0.354 e. The molecule has 0 aliphatic heterocycles. The fourth-order valence-electron chi connectivity index (χ4n) is 11.7. The molecule has 5 N–H and O–H groups in total. The van der Waals surface area contributed by atoms with Crippen LogP contribution < -0.4 is 26.6 Å². The minimum absolute atomic E-state index is 0.152. The zero-order valence-corrected chi connectivity index (χ0v) is 56.2. The molecular formula is C76H113N5O5. The Morgan fingerprint density at radius 3 is 1.10 bits per heavy atom. The van der Waals surface area contributed by atoms with Crippen molar-refractivity contribution < 1.29 is 24.0 Å². The number of carbonyl (C=O) groups is 5. The second-order valence-electron chi connectivity index (χ2n) is 26.6. The van der Waals surface area contributed by atoms with Crippen LogP contribution in [0.5, 0.6) is 0 Å². The van der Waals surface area contributed by atoms with Crippen molar-refractivity contribution >= 4 is 29.5 Å². The third kappa shape index (κ3) is 28.3. The Labute approximate surface area is 521 Å². The van der Waals surface area contributed by atoms with Gasteiger partial charge in [-0.3, -0.25) is 24.0 Å². The first-order valence-corrected chi connectivity index (χ1v) is 32.3. The molecule has 5 amide bonds. The molecule has 2 unspecified atom stereocenters. The summed E-state index contributed by atoms with van der Waals surface area (Å²) in [5.41, 5.74) is 14.8. The highest BCUT2D eigenvalue weighted by atomic mass is 16.2. The van der Waals surface area contributed by atoms with Crippen LogP contribution in [-0.2, 0) is 24.0 Å². The summed E-state index contributed by atoms with van der Waals surface area (Å²) < 4.78 is 0. The van der Waals surface area contributed by atoms with E-state index in [-0.39, 0.29) is 40.4 Å². The quantitative estimate of drug-likeness (QED) is 0.0259. The van der Waals surface area contributed by atoms with E-state index in [0.717, 1.165) is 60.0 Å². The molecule has 0 aromatic rings. The first-order valence-electron chi connectivity index (χ1n) is 32.3. The van der Waals surface area contributed by atoms with Crippen LogP contribution in [0.4, 0.5) is 0 Å². The Morgan fingerprint density at radius 2 is 0.756 bits per heavy atom. The third-order valence-corrected chi connectivity index (χ3v) is 16.9. The van der Waals surface area contributed by atoms with Crippen molar-refractivity contribution in [2.75, 3.05) is 19.6 Å². The average molecular weight is 1180 g/mol.